The van der Waals surface area contributed by atoms with Gasteiger partial charge in [-0.15, -0.1) is 0 Å². The second-order valence-corrected chi connectivity index (χ2v) is 2.87. The van der Waals surface area contributed by atoms with Crippen LogP contribution in [0.15, 0.2) is 18.3 Å². The maximum Gasteiger partial charge on any atom is 0.312 e. The Morgan fingerprint density at radius 3 is 2.71 bits per heavy atom. The van der Waals surface area contributed by atoms with E-state index < -0.39 is 18.3 Å². The minimum absolute atomic E-state index is 0.148. The van der Waals surface area contributed by atoms with E-state index in [2.05, 4.69) is 4.98 Å². The first-order chi connectivity index (χ1) is 6.52. The molecule has 1 aromatic heterocycles. The average Bonchev–Trinajstić information content (AvgIpc) is 2.16. The van der Waals surface area contributed by atoms with Gasteiger partial charge in [0.05, 0.1) is 11.6 Å². The van der Waals surface area contributed by atoms with E-state index in [0.29, 0.717) is 0 Å². The Labute approximate surface area is 79.4 Å². The van der Waals surface area contributed by atoms with Gasteiger partial charge in [-0.3, -0.25) is 9.78 Å². The molecule has 1 N–H and O–H groups in total. The van der Waals surface area contributed by atoms with Gasteiger partial charge in [0.15, 0.2) is 0 Å². The van der Waals surface area contributed by atoms with Crippen LogP contribution in [-0.2, 0) is 4.79 Å². The summed E-state index contributed by atoms with van der Waals surface area (Å²) < 4.78 is 24.5. The van der Waals surface area contributed by atoms with Crippen LogP contribution < -0.4 is 0 Å². The number of halogens is 2. The van der Waals surface area contributed by atoms with Crippen LogP contribution in [0, 0.1) is 0 Å². The molecule has 0 radical (unpaired) electrons. The van der Waals surface area contributed by atoms with E-state index in [1.807, 2.05) is 0 Å². The van der Waals surface area contributed by atoms with E-state index in [1.54, 1.807) is 0 Å². The molecule has 0 bridgehead atoms. The van der Waals surface area contributed by atoms with Gasteiger partial charge < -0.3 is 5.11 Å². The molecule has 1 heterocycles. The van der Waals surface area contributed by atoms with E-state index in [9.17, 15) is 13.6 Å². The summed E-state index contributed by atoms with van der Waals surface area (Å²) in [6.45, 7) is 1.40. The molecule has 1 atom stereocenters. The number of carbonyl (C=O) groups is 1. The molecule has 0 saturated carbocycles. The molecule has 5 heteroatoms. The summed E-state index contributed by atoms with van der Waals surface area (Å²) in [5.41, 5.74) is -0.0570. The van der Waals surface area contributed by atoms with E-state index >= 15 is 0 Å². The fourth-order valence-corrected chi connectivity index (χ4v) is 0.965. The molecule has 0 amide bonds. The zero-order valence-electron chi connectivity index (χ0n) is 7.45. The Hall–Kier alpha value is -1.52. The highest BCUT2D eigenvalue weighted by Crippen LogP contribution is 2.21. The topological polar surface area (TPSA) is 50.2 Å². The van der Waals surface area contributed by atoms with Crippen molar-refractivity contribution in [2.45, 2.75) is 19.3 Å². The maximum absolute atomic E-state index is 12.2. The number of hydrogen-bond donors (Lipinski definition) is 1. The van der Waals surface area contributed by atoms with Crippen LogP contribution in [0.2, 0.25) is 0 Å². The van der Waals surface area contributed by atoms with Crippen molar-refractivity contribution in [1.82, 2.24) is 4.98 Å². The predicted octanol–water partition coefficient (Wildman–Crippen LogP) is 2.21. The lowest BCUT2D eigenvalue weighted by molar-refractivity contribution is -0.138. The van der Waals surface area contributed by atoms with Crippen molar-refractivity contribution in [3.8, 4) is 0 Å². The normalized spacial score (nSPS) is 12.9. The number of carboxylic acid groups (broad SMARTS) is 1. The van der Waals surface area contributed by atoms with Crippen LogP contribution in [0.5, 0.6) is 0 Å². The predicted molar refractivity (Wildman–Crippen MR) is 45.2 cm³/mol. The van der Waals surface area contributed by atoms with Crippen molar-refractivity contribution in [2.24, 2.45) is 0 Å². The van der Waals surface area contributed by atoms with Crippen LogP contribution >= 0.6 is 0 Å². The number of aliphatic carboxylic acids is 1. The standard InChI is InChI=1S/C9H9F2NO2/c1-5(9(13)14)7-4-6(8(10)11)2-3-12-7/h2-5,8H,1H3,(H,13,14). The molecule has 0 aliphatic carbocycles. The lowest BCUT2D eigenvalue weighted by Crippen LogP contribution is -2.09. The van der Waals surface area contributed by atoms with Crippen LogP contribution in [0.25, 0.3) is 0 Å². The number of aromatic nitrogens is 1. The number of hydrogen-bond acceptors (Lipinski definition) is 2. The van der Waals surface area contributed by atoms with Crippen LogP contribution in [0.3, 0.4) is 0 Å². The van der Waals surface area contributed by atoms with Gasteiger partial charge in [0.1, 0.15) is 0 Å². The molecular formula is C9H9F2NO2. The van der Waals surface area contributed by atoms with Gasteiger partial charge in [0, 0.05) is 11.8 Å². The molecule has 76 valence electrons. The van der Waals surface area contributed by atoms with Crippen molar-refractivity contribution < 1.29 is 18.7 Å². The third kappa shape index (κ3) is 2.25. The van der Waals surface area contributed by atoms with Crippen LogP contribution in [0.1, 0.15) is 30.5 Å². The monoisotopic (exact) mass is 201 g/mol. The SMILES string of the molecule is CC(C(=O)O)c1cc(C(F)F)ccn1. The second kappa shape index (κ2) is 4.13. The molecule has 1 unspecified atom stereocenters. The number of pyridine rings is 1. The minimum Gasteiger partial charge on any atom is -0.481 e. The molecular weight excluding hydrogens is 192 g/mol. The fraction of sp³-hybridized carbons (Fsp3) is 0.333. The van der Waals surface area contributed by atoms with Crippen molar-refractivity contribution in [1.29, 1.82) is 0 Å². The first-order valence-corrected chi connectivity index (χ1v) is 3.99. The first-order valence-electron chi connectivity index (χ1n) is 3.99. The molecule has 0 aliphatic heterocycles. The molecule has 0 aliphatic rings. The zero-order valence-corrected chi connectivity index (χ0v) is 7.45. The Bertz CT molecular complexity index is 341. The third-order valence-corrected chi connectivity index (χ3v) is 1.87. The molecule has 1 aromatic rings. The highest BCUT2D eigenvalue weighted by molar-refractivity contribution is 5.74. The largest absolute Gasteiger partial charge is 0.481 e. The van der Waals surface area contributed by atoms with Gasteiger partial charge in [-0.05, 0) is 19.1 Å². The van der Waals surface area contributed by atoms with Crippen molar-refractivity contribution >= 4 is 5.97 Å². The van der Waals surface area contributed by atoms with E-state index in [1.165, 1.54) is 19.2 Å². The average molecular weight is 201 g/mol. The quantitative estimate of drug-likeness (QED) is 0.815. The maximum atomic E-state index is 12.2. The summed E-state index contributed by atoms with van der Waals surface area (Å²) >= 11 is 0. The summed E-state index contributed by atoms with van der Waals surface area (Å²) in [5.74, 6) is -1.95. The summed E-state index contributed by atoms with van der Waals surface area (Å²) in [5, 5.41) is 8.64. The molecule has 0 aromatic carbocycles. The second-order valence-electron chi connectivity index (χ2n) is 2.87. The molecule has 14 heavy (non-hydrogen) atoms. The van der Waals surface area contributed by atoms with Gasteiger partial charge in [-0.2, -0.15) is 0 Å². The summed E-state index contributed by atoms with van der Waals surface area (Å²) in [7, 11) is 0. The Balaban J connectivity index is 2.99. The van der Waals surface area contributed by atoms with Gasteiger partial charge in [-0.1, -0.05) is 0 Å². The molecule has 0 saturated heterocycles. The van der Waals surface area contributed by atoms with Crippen LogP contribution in [0.4, 0.5) is 8.78 Å². The summed E-state index contributed by atoms with van der Waals surface area (Å²) in [6, 6.07) is 2.28. The number of nitrogens with zero attached hydrogens (tertiary/aromatic N) is 1. The van der Waals surface area contributed by atoms with E-state index in [0.717, 1.165) is 6.07 Å². The van der Waals surface area contributed by atoms with E-state index in [4.69, 9.17) is 5.11 Å². The molecule has 1 rings (SSSR count). The lowest BCUT2D eigenvalue weighted by Gasteiger charge is -2.06. The molecule has 3 nitrogen and oxygen atoms in total. The molecule has 0 fully saturated rings. The third-order valence-electron chi connectivity index (χ3n) is 1.87. The van der Waals surface area contributed by atoms with E-state index in [-0.39, 0.29) is 11.3 Å². The summed E-state index contributed by atoms with van der Waals surface area (Å²) in [6.07, 6.45) is -1.41. The number of rotatable bonds is 3. The molecule has 0 spiro atoms. The Morgan fingerprint density at radius 2 is 2.21 bits per heavy atom. The number of alkyl halides is 2. The highest BCUT2D eigenvalue weighted by atomic mass is 19.3. The summed E-state index contributed by atoms with van der Waals surface area (Å²) in [4.78, 5) is 14.3. The first kappa shape index (κ1) is 10.6. The van der Waals surface area contributed by atoms with Crippen molar-refractivity contribution in [2.75, 3.05) is 0 Å². The highest BCUT2D eigenvalue weighted by Gasteiger charge is 2.17. The minimum atomic E-state index is -2.60. The lowest BCUT2D eigenvalue weighted by atomic mass is 10.1. The van der Waals surface area contributed by atoms with Crippen LogP contribution in [-0.4, -0.2) is 16.1 Å². The smallest absolute Gasteiger partial charge is 0.312 e. The zero-order chi connectivity index (χ0) is 10.7. The van der Waals surface area contributed by atoms with Gasteiger partial charge in [0.25, 0.3) is 6.43 Å². The van der Waals surface area contributed by atoms with Gasteiger partial charge >= 0.3 is 5.97 Å². The van der Waals surface area contributed by atoms with Crippen molar-refractivity contribution in [3.05, 3.63) is 29.6 Å². The van der Waals surface area contributed by atoms with Gasteiger partial charge in [-0.25, -0.2) is 8.78 Å². The Morgan fingerprint density at radius 1 is 1.57 bits per heavy atom. The Kier molecular flexibility index (Phi) is 3.11. The fourth-order valence-electron chi connectivity index (χ4n) is 0.965. The van der Waals surface area contributed by atoms with Gasteiger partial charge in [0.2, 0.25) is 0 Å². The number of carboxylic acids is 1. The van der Waals surface area contributed by atoms with Crippen molar-refractivity contribution in [3.63, 3.8) is 0 Å².